The molecule has 140 valence electrons. The van der Waals surface area contributed by atoms with Crippen LogP contribution in [0.4, 0.5) is 0 Å². The van der Waals surface area contributed by atoms with Crippen molar-refractivity contribution in [2.24, 2.45) is 11.8 Å². The van der Waals surface area contributed by atoms with Crippen molar-refractivity contribution >= 4 is 5.97 Å². The van der Waals surface area contributed by atoms with Gasteiger partial charge in [-0.25, -0.2) is 0 Å². The Morgan fingerprint density at radius 1 is 1.24 bits per heavy atom. The minimum Gasteiger partial charge on any atom is -0.459 e. The highest BCUT2D eigenvalue weighted by Crippen LogP contribution is 2.50. The summed E-state index contributed by atoms with van der Waals surface area (Å²) in [4.78, 5) is 15.2. The average Bonchev–Trinajstić information content (AvgIpc) is 3.23. The molecule has 25 heavy (non-hydrogen) atoms. The minimum atomic E-state index is -0.0885. The van der Waals surface area contributed by atoms with E-state index < -0.39 is 0 Å². The van der Waals surface area contributed by atoms with E-state index in [0.29, 0.717) is 5.92 Å². The summed E-state index contributed by atoms with van der Waals surface area (Å²) in [5.41, 5.74) is 1.36. The van der Waals surface area contributed by atoms with Gasteiger partial charge in [0.2, 0.25) is 0 Å². The van der Waals surface area contributed by atoms with Gasteiger partial charge in [0.15, 0.2) is 0 Å². The standard InChI is InChI=1S/C21H33NO3/c1-15-8-7-11-21(2)19(25-21)18-16(10-9-15)17(20(23)24-18)14-22-12-5-3-4-6-13-22/h8,16-19H,3-7,9-14H2,1-2H3/b15-8-. The van der Waals surface area contributed by atoms with Gasteiger partial charge in [0.25, 0.3) is 0 Å². The van der Waals surface area contributed by atoms with Crippen molar-refractivity contribution < 1.29 is 14.3 Å². The number of carbonyl (C=O) groups excluding carboxylic acids is 1. The van der Waals surface area contributed by atoms with Crippen LogP contribution in [0.2, 0.25) is 0 Å². The van der Waals surface area contributed by atoms with Crippen LogP contribution in [0.15, 0.2) is 11.6 Å². The summed E-state index contributed by atoms with van der Waals surface area (Å²) < 4.78 is 12.0. The van der Waals surface area contributed by atoms with Crippen LogP contribution in [0.3, 0.4) is 0 Å². The van der Waals surface area contributed by atoms with Gasteiger partial charge >= 0.3 is 5.97 Å². The van der Waals surface area contributed by atoms with Crippen molar-refractivity contribution in [1.29, 1.82) is 0 Å². The quantitative estimate of drug-likeness (QED) is 0.434. The summed E-state index contributed by atoms with van der Waals surface area (Å²) in [6.45, 7) is 7.57. The first kappa shape index (κ1) is 17.5. The fourth-order valence-corrected chi connectivity index (χ4v) is 5.14. The van der Waals surface area contributed by atoms with Crippen LogP contribution in [0.25, 0.3) is 0 Å². The number of carbonyl (C=O) groups is 1. The highest BCUT2D eigenvalue weighted by Gasteiger charge is 2.62. The molecule has 5 unspecified atom stereocenters. The molecule has 4 heteroatoms. The molecule has 0 aromatic carbocycles. The summed E-state index contributed by atoms with van der Waals surface area (Å²) in [5.74, 6) is 0.366. The molecule has 4 rings (SSSR count). The Morgan fingerprint density at radius 2 is 2.00 bits per heavy atom. The Balaban J connectivity index is 1.51. The molecule has 3 heterocycles. The largest absolute Gasteiger partial charge is 0.459 e. The first-order valence-corrected chi connectivity index (χ1v) is 10.3. The number of esters is 1. The molecule has 0 N–H and O–H groups in total. The second-order valence-electron chi connectivity index (χ2n) is 8.87. The summed E-state index contributed by atoms with van der Waals surface area (Å²) in [6.07, 6.45) is 11.9. The van der Waals surface area contributed by atoms with Crippen LogP contribution in [0.1, 0.15) is 65.2 Å². The molecule has 0 bridgehead atoms. The highest BCUT2D eigenvalue weighted by molar-refractivity contribution is 5.75. The number of fused-ring (bicyclic) bond motifs is 3. The number of hydrogen-bond donors (Lipinski definition) is 0. The number of ether oxygens (including phenoxy) is 2. The van der Waals surface area contributed by atoms with Crippen LogP contribution < -0.4 is 0 Å². The van der Waals surface area contributed by atoms with E-state index in [1.165, 1.54) is 31.3 Å². The normalized spacial score (nSPS) is 44.7. The molecule has 0 spiro atoms. The Morgan fingerprint density at radius 3 is 2.76 bits per heavy atom. The van der Waals surface area contributed by atoms with E-state index in [1.807, 2.05) is 0 Å². The monoisotopic (exact) mass is 347 g/mol. The van der Waals surface area contributed by atoms with Crippen molar-refractivity contribution in [1.82, 2.24) is 4.90 Å². The maximum absolute atomic E-state index is 12.7. The predicted molar refractivity (Wildman–Crippen MR) is 97.3 cm³/mol. The second-order valence-corrected chi connectivity index (χ2v) is 8.87. The van der Waals surface area contributed by atoms with E-state index in [9.17, 15) is 4.79 Å². The van der Waals surface area contributed by atoms with Crippen molar-refractivity contribution in [3.8, 4) is 0 Å². The second kappa shape index (κ2) is 7.03. The third-order valence-corrected chi connectivity index (χ3v) is 6.89. The Kier molecular flexibility index (Phi) is 4.93. The lowest BCUT2D eigenvalue weighted by Crippen LogP contribution is -2.37. The summed E-state index contributed by atoms with van der Waals surface area (Å²) in [5, 5.41) is 0. The van der Waals surface area contributed by atoms with Gasteiger partial charge in [-0.05, 0) is 65.5 Å². The molecule has 1 aliphatic carbocycles. The average molecular weight is 347 g/mol. The topological polar surface area (TPSA) is 42.1 Å². The minimum absolute atomic E-state index is 0.0259. The first-order chi connectivity index (χ1) is 12.1. The number of epoxide rings is 1. The third-order valence-electron chi connectivity index (χ3n) is 6.89. The van der Waals surface area contributed by atoms with Crippen molar-refractivity contribution in [2.75, 3.05) is 19.6 Å². The number of nitrogens with zero attached hydrogens (tertiary/aromatic N) is 1. The summed E-state index contributed by atoms with van der Waals surface area (Å²) in [7, 11) is 0. The third kappa shape index (κ3) is 3.66. The van der Waals surface area contributed by atoms with Gasteiger partial charge in [0.05, 0.1) is 11.5 Å². The van der Waals surface area contributed by atoms with Gasteiger partial charge in [0.1, 0.15) is 12.2 Å². The Labute approximate surface area is 151 Å². The van der Waals surface area contributed by atoms with Crippen LogP contribution in [-0.4, -0.2) is 48.3 Å². The molecule has 3 aliphatic heterocycles. The molecule has 0 saturated carbocycles. The molecular formula is C21H33NO3. The van der Waals surface area contributed by atoms with Crippen LogP contribution in [-0.2, 0) is 14.3 Å². The molecule has 0 aromatic heterocycles. The fraction of sp³-hybridized carbons (Fsp3) is 0.857. The fourth-order valence-electron chi connectivity index (χ4n) is 5.14. The SMILES string of the molecule is C/C1=C/CCC2(C)OC2C2OC(=O)C(CN3CCCCCC3)C2CC1. The van der Waals surface area contributed by atoms with E-state index in [2.05, 4.69) is 24.8 Å². The van der Waals surface area contributed by atoms with E-state index in [0.717, 1.165) is 45.3 Å². The van der Waals surface area contributed by atoms with Gasteiger partial charge in [-0.1, -0.05) is 24.5 Å². The van der Waals surface area contributed by atoms with Crippen molar-refractivity contribution in [3.05, 3.63) is 11.6 Å². The highest BCUT2D eigenvalue weighted by atomic mass is 16.6. The van der Waals surface area contributed by atoms with Gasteiger partial charge in [-0.3, -0.25) is 4.79 Å². The van der Waals surface area contributed by atoms with Gasteiger partial charge in [0, 0.05) is 12.5 Å². The lowest BCUT2D eigenvalue weighted by molar-refractivity contribution is -0.145. The lowest BCUT2D eigenvalue weighted by Gasteiger charge is -2.27. The van der Waals surface area contributed by atoms with E-state index >= 15 is 0 Å². The molecule has 4 nitrogen and oxygen atoms in total. The zero-order chi connectivity index (χ0) is 17.4. The first-order valence-electron chi connectivity index (χ1n) is 10.3. The molecule has 4 aliphatic rings. The smallest absolute Gasteiger partial charge is 0.311 e. The van der Waals surface area contributed by atoms with Gasteiger partial charge < -0.3 is 14.4 Å². The van der Waals surface area contributed by atoms with E-state index in [4.69, 9.17) is 9.47 Å². The van der Waals surface area contributed by atoms with Gasteiger partial charge in [-0.2, -0.15) is 0 Å². The molecular weight excluding hydrogens is 314 g/mol. The lowest BCUT2D eigenvalue weighted by atomic mass is 9.80. The van der Waals surface area contributed by atoms with Crippen molar-refractivity contribution in [3.63, 3.8) is 0 Å². The maximum Gasteiger partial charge on any atom is 0.311 e. The predicted octanol–water partition coefficient (Wildman–Crippen LogP) is 3.70. The molecule has 0 amide bonds. The summed E-state index contributed by atoms with van der Waals surface area (Å²) in [6, 6.07) is 0. The van der Waals surface area contributed by atoms with Gasteiger partial charge in [-0.15, -0.1) is 0 Å². The van der Waals surface area contributed by atoms with E-state index in [-0.39, 0.29) is 29.7 Å². The number of likely N-dealkylation sites (tertiary alicyclic amines) is 1. The molecule has 0 radical (unpaired) electrons. The number of hydrogen-bond acceptors (Lipinski definition) is 4. The molecule has 5 atom stereocenters. The maximum atomic E-state index is 12.7. The number of rotatable bonds is 2. The molecule has 3 saturated heterocycles. The van der Waals surface area contributed by atoms with Crippen LogP contribution >= 0.6 is 0 Å². The van der Waals surface area contributed by atoms with Crippen LogP contribution in [0.5, 0.6) is 0 Å². The number of allylic oxidation sites excluding steroid dienone is 2. The summed E-state index contributed by atoms with van der Waals surface area (Å²) >= 11 is 0. The zero-order valence-corrected chi connectivity index (χ0v) is 15.8. The van der Waals surface area contributed by atoms with E-state index in [1.54, 1.807) is 0 Å². The van der Waals surface area contributed by atoms with Crippen molar-refractivity contribution in [2.45, 2.75) is 83.0 Å². The Bertz CT molecular complexity index is 537. The zero-order valence-electron chi connectivity index (χ0n) is 15.8. The molecule has 3 fully saturated rings. The van der Waals surface area contributed by atoms with Crippen LogP contribution in [0, 0.1) is 11.8 Å². The molecule has 0 aromatic rings. The Hall–Kier alpha value is -0.870.